The van der Waals surface area contributed by atoms with Crippen molar-refractivity contribution in [2.24, 2.45) is 0 Å². The predicted octanol–water partition coefficient (Wildman–Crippen LogP) is 1.22. The minimum atomic E-state index is -4.29. The third kappa shape index (κ3) is 9.31. The molecular weight excluding hydrogens is 199 g/mol. The van der Waals surface area contributed by atoms with Gasteiger partial charge < -0.3 is 10.4 Å². The molecule has 3 nitrogen and oxygen atoms in total. The van der Waals surface area contributed by atoms with Gasteiger partial charge in [-0.1, -0.05) is 0 Å². The lowest BCUT2D eigenvalue weighted by molar-refractivity contribution is -0.144. The van der Waals surface area contributed by atoms with Gasteiger partial charge in [-0.2, -0.15) is 13.2 Å². The van der Waals surface area contributed by atoms with Crippen LogP contribution in [0.4, 0.5) is 13.2 Å². The molecule has 84 valence electrons. The van der Waals surface area contributed by atoms with Crippen LogP contribution < -0.4 is 5.32 Å². The van der Waals surface area contributed by atoms with Crippen LogP contribution in [-0.2, 0) is 4.79 Å². The number of carbonyl (C=O) groups is 1. The van der Waals surface area contributed by atoms with Crippen molar-refractivity contribution in [3.8, 4) is 0 Å². The van der Waals surface area contributed by atoms with Crippen LogP contribution in [0.15, 0.2) is 0 Å². The van der Waals surface area contributed by atoms with Crippen molar-refractivity contribution in [2.45, 2.75) is 38.5 Å². The Morgan fingerprint density at radius 2 is 2.07 bits per heavy atom. The van der Waals surface area contributed by atoms with Gasteiger partial charge in [-0.05, 0) is 13.3 Å². The van der Waals surface area contributed by atoms with Crippen LogP contribution in [0.5, 0.6) is 0 Å². The van der Waals surface area contributed by atoms with Crippen LogP contribution in [0.1, 0.15) is 26.2 Å². The molecule has 2 N–H and O–H groups in total. The van der Waals surface area contributed by atoms with E-state index in [0.29, 0.717) is 6.42 Å². The number of hydrogen-bond donors (Lipinski definition) is 2. The molecule has 0 bridgehead atoms. The Hall–Kier alpha value is -0.780. The molecule has 0 aromatic heterocycles. The average molecular weight is 213 g/mol. The largest absolute Gasteiger partial charge is 0.393 e. The molecule has 0 radical (unpaired) electrons. The maximum atomic E-state index is 11.6. The molecule has 1 unspecified atom stereocenters. The lowest BCUT2D eigenvalue weighted by Crippen LogP contribution is -2.27. The summed E-state index contributed by atoms with van der Waals surface area (Å²) in [6.07, 6.45) is -6.16. The Balaban J connectivity index is 3.47. The Morgan fingerprint density at radius 3 is 2.50 bits per heavy atom. The fourth-order valence-electron chi connectivity index (χ4n) is 0.764. The summed E-state index contributed by atoms with van der Waals surface area (Å²) in [6, 6.07) is 0. The summed E-state index contributed by atoms with van der Waals surface area (Å²) in [5.74, 6) is -0.636. The standard InChI is InChI=1S/C8H14F3NO2/c1-6(13)3-5-12-7(14)2-4-8(9,10)11/h6,13H,2-5H2,1H3,(H,12,14). The SMILES string of the molecule is CC(O)CCNC(=O)CCC(F)(F)F. The van der Waals surface area contributed by atoms with Crippen molar-refractivity contribution in [3.05, 3.63) is 0 Å². The van der Waals surface area contributed by atoms with Crippen LogP contribution in [0.2, 0.25) is 0 Å². The van der Waals surface area contributed by atoms with Gasteiger partial charge in [0, 0.05) is 13.0 Å². The molecule has 0 saturated heterocycles. The zero-order chi connectivity index (χ0) is 11.2. The number of rotatable bonds is 5. The van der Waals surface area contributed by atoms with Crippen LogP contribution in [0.3, 0.4) is 0 Å². The molecule has 6 heteroatoms. The van der Waals surface area contributed by atoms with E-state index in [1.54, 1.807) is 6.92 Å². The molecule has 14 heavy (non-hydrogen) atoms. The number of hydrogen-bond acceptors (Lipinski definition) is 2. The van der Waals surface area contributed by atoms with Crippen molar-refractivity contribution in [1.29, 1.82) is 0 Å². The van der Waals surface area contributed by atoms with Gasteiger partial charge in [-0.3, -0.25) is 4.79 Å². The normalized spacial score (nSPS) is 13.8. The summed E-state index contributed by atoms with van der Waals surface area (Å²) in [4.78, 5) is 10.8. The van der Waals surface area contributed by atoms with Gasteiger partial charge in [0.15, 0.2) is 0 Å². The zero-order valence-electron chi connectivity index (χ0n) is 7.90. The van der Waals surface area contributed by atoms with E-state index in [1.165, 1.54) is 0 Å². The highest BCUT2D eigenvalue weighted by molar-refractivity contribution is 5.75. The van der Waals surface area contributed by atoms with Crippen molar-refractivity contribution < 1.29 is 23.1 Å². The average Bonchev–Trinajstić information content (AvgIpc) is 1.99. The van der Waals surface area contributed by atoms with Gasteiger partial charge in [0.1, 0.15) is 0 Å². The summed E-state index contributed by atoms with van der Waals surface area (Å²) in [5.41, 5.74) is 0. The minimum absolute atomic E-state index is 0.203. The van der Waals surface area contributed by atoms with E-state index >= 15 is 0 Å². The number of nitrogens with one attached hydrogen (secondary N) is 1. The Morgan fingerprint density at radius 1 is 1.50 bits per heavy atom. The molecule has 0 aliphatic rings. The van der Waals surface area contributed by atoms with Gasteiger partial charge in [0.2, 0.25) is 5.91 Å². The number of aliphatic hydroxyl groups excluding tert-OH is 1. The van der Waals surface area contributed by atoms with Crippen LogP contribution >= 0.6 is 0 Å². The topological polar surface area (TPSA) is 49.3 Å². The molecule has 1 atom stereocenters. The monoisotopic (exact) mass is 213 g/mol. The third-order valence-corrected chi connectivity index (χ3v) is 1.52. The van der Waals surface area contributed by atoms with E-state index in [2.05, 4.69) is 5.32 Å². The van der Waals surface area contributed by atoms with E-state index < -0.39 is 31.0 Å². The summed E-state index contributed by atoms with van der Waals surface area (Å²) in [7, 11) is 0. The first-order valence-corrected chi connectivity index (χ1v) is 4.33. The maximum Gasteiger partial charge on any atom is 0.389 e. The van der Waals surface area contributed by atoms with Crippen LogP contribution in [-0.4, -0.2) is 29.8 Å². The first-order chi connectivity index (χ1) is 6.31. The van der Waals surface area contributed by atoms with Gasteiger partial charge in [-0.25, -0.2) is 0 Å². The van der Waals surface area contributed by atoms with E-state index in [4.69, 9.17) is 5.11 Å². The minimum Gasteiger partial charge on any atom is -0.393 e. The van der Waals surface area contributed by atoms with E-state index in [1.807, 2.05) is 0 Å². The lowest BCUT2D eigenvalue weighted by Gasteiger charge is -2.08. The maximum absolute atomic E-state index is 11.6. The Kier molecular flexibility index (Phi) is 5.52. The van der Waals surface area contributed by atoms with Gasteiger partial charge in [-0.15, -0.1) is 0 Å². The number of alkyl halides is 3. The molecular formula is C8H14F3NO2. The number of halogens is 3. The Bertz CT molecular complexity index is 180. The number of carbonyl (C=O) groups excluding carboxylic acids is 1. The van der Waals surface area contributed by atoms with E-state index in [9.17, 15) is 18.0 Å². The fourth-order valence-corrected chi connectivity index (χ4v) is 0.764. The molecule has 1 amide bonds. The quantitative estimate of drug-likeness (QED) is 0.721. The summed E-state index contributed by atoms with van der Waals surface area (Å²) < 4.78 is 34.9. The van der Waals surface area contributed by atoms with Crippen LogP contribution in [0, 0.1) is 0 Å². The molecule has 0 aromatic carbocycles. The highest BCUT2D eigenvalue weighted by atomic mass is 19.4. The molecule has 0 rings (SSSR count). The van der Waals surface area contributed by atoms with E-state index in [-0.39, 0.29) is 6.54 Å². The summed E-state index contributed by atoms with van der Waals surface area (Å²) in [5, 5.41) is 11.1. The first kappa shape index (κ1) is 13.2. The van der Waals surface area contributed by atoms with Crippen molar-refractivity contribution in [3.63, 3.8) is 0 Å². The van der Waals surface area contributed by atoms with Gasteiger partial charge in [0.05, 0.1) is 12.5 Å². The van der Waals surface area contributed by atoms with Crippen molar-refractivity contribution in [2.75, 3.05) is 6.54 Å². The molecule has 0 saturated carbocycles. The number of aliphatic hydroxyl groups is 1. The lowest BCUT2D eigenvalue weighted by atomic mass is 10.2. The highest BCUT2D eigenvalue weighted by Gasteiger charge is 2.27. The smallest absolute Gasteiger partial charge is 0.389 e. The molecule has 0 aliphatic heterocycles. The second-order valence-corrected chi connectivity index (χ2v) is 3.10. The molecule has 0 aromatic rings. The summed E-state index contributed by atoms with van der Waals surface area (Å²) in [6.45, 7) is 1.75. The predicted molar refractivity (Wildman–Crippen MR) is 44.6 cm³/mol. The fraction of sp³-hybridized carbons (Fsp3) is 0.875. The second-order valence-electron chi connectivity index (χ2n) is 3.10. The first-order valence-electron chi connectivity index (χ1n) is 4.33. The number of amides is 1. The summed E-state index contributed by atoms with van der Waals surface area (Å²) >= 11 is 0. The van der Waals surface area contributed by atoms with Crippen LogP contribution in [0.25, 0.3) is 0 Å². The van der Waals surface area contributed by atoms with Gasteiger partial charge in [0.25, 0.3) is 0 Å². The van der Waals surface area contributed by atoms with Gasteiger partial charge >= 0.3 is 6.18 Å². The second kappa shape index (κ2) is 5.85. The third-order valence-electron chi connectivity index (χ3n) is 1.52. The van der Waals surface area contributed by atoms with E-state index in [0.717, 1.165) is 0 Å². The highest BCUT2D eigenvalue weighted by Crippen LogP contribution is 2.20. The van der Waals surface area contributed by atoms with Crippen molar-refractivity contribution >= 4 is 5.91 Å². The molecule has 0 fully saturated rings. The zero-order valence-corrected chi connectivity index (χ0v) is 7.90. The Labute approximate surface area is 80.3 Å². The van der Waals surface area contributed by atoms with Crippen molar-refractivity contribution in [1.82, 2.24) is 5.32 Å². The molecule has 0 aliphatic carbocycles. The molecule has 0 heterocycles. The molecule has 0 spiro atoms.